The van der Waals surface area contributed by atoms with Gasteiger partial charge in [0.25, 0.3) is 11.6 Å². The first kappa shape index (κ1) is 25.3. The van der Waals surface area contributed by atoms with E-state index in [9.17, 15) is 32.9 Å². The molecule has 172 valence electrons. The summed E-state index contributed by atoms with van der Waals surface area (Å²) in [6.07, 6.45) is -5.04. The molecule has 31 heavy (non-hydrogen) atoms. The number of carbonyl (C=O) groups is 2. The maximum absolute atomic E-state index is 13.3. The van der Waals surface area contributed by atoms with Crippen molar-refractivity contribution >= 4 is 45.9 Å². The SMILES string of the molecule is CC1(C)C(=O)N(c2ccc([N+](=O)[O-])c(C(F)(F)F)c2)C(=O)N1CCOCCOCCI. The maximum atomic E-state index is 13.3. The van der Waals surface area contributed by atoms with Gasteiger partial charge in [-0.15, -0.1) is 0 Å². The fraction of sp³-hybridized carbons (Fsp3) is 0.556. The van der Waals surface area contributed by atoms with Gasteiger partial charge in [0.05, 0.1) is 37.0 Å². The third-order valence-electron chi connectivity index (χ3n) is 4.62. The second kappa shape index (κ2) is 10.1. The largest absolute Gasteiger partial charge is 0.423 e. The lowest BCUT2D eigenvalue weighted by Crippen LogP contribution is -2.45. The smallest absolute Gasteiger partial charge is 0.378 e. The first-order valence-electron chi connectivity index (χ1n) is 9.16. The van der Waals surface area contributed by atoms with Crippen molar-refractivity contribution in [1.29, 1.82) is 0 Å². The first-order valence-corrected chi connectivity index (χ1v) is 10.7. The quantitative estimate of drug-likeness (QED) is 0.108. The van der Waals surface area contributed by atoms with Crippen LogP contribution in [-0.4, -0.2) is 64.7 Å². The molecule has 2 rings (SSSR count). The van der Waals surface area contributed by atoms with Gasteiger partial charge in [-0.05, 0) is 26.0 Å². The third kappa shape index (κ3) is 5.63. The second-order valence-electron chi connectivity index (χ2n) is 7.00. The van der Waals surface area contributed by atoms with Crippen LogP contribution in [0.3, 0.4) is 0 Å². The molecule has 0 unspecified atom stereocenters. The molecule has 0 N–H and O–H groups in total. The first-order chi connectivity index (χ1) is 14.4. The fourth-order valence-electron chi connectivity index (χ4n) is 3.02. The minimum absolute atomic E-state index is 0.0272. The van der Waals surface area contributed by atoms with Crippen LogP contribution in [-0.2, 0) is 20.4 Å². The number of carbonyl (C=O) groups excluding carboxylic acids is 2. The molecule has 0 saturated carbocycles. The molecular formula is C18H21F3IN3O6. The minimum Gasteiger partial charge on any atom is -0.378 e. The summed E-state index contributed by atoms with van der Waals surface area (Å²) in [6.45, 7) is 4.29. The molecule has 0 radical (unpaired) electrons. The predicted molar refractivity (Wildman–Crippen MR) is 112 cm³/mol. The number of nitrogens with zero attached hydrogens (tertiary/aromatic N) is 3. The summed E-state index contributed by atoms with van der Waals surface area (Å²) in [5.41, 5.74) is -4.43. The van der Waals surface area contributed by atoms with Gasteiger partial charge < -0.3 is 14.4 Å². The number of benzene rings is 1. The van der Waals surface area contributed by atoms with E-state index in [1.54, 1.807) is 0 Å². The van der Waals surface area contributed by atoms with Crippen LogP contribution in [0.5, 0.6) is 0 Å². The standard InChI is InChI=1S/C18H21F3IN3O6/c1-17(2)15(26)24(16(27)23(17)6-8-31-10-9-30-7-5-22)12-3-4-14(25(28)29)13(11-12)18(19,20)21/h3-4,11H,5-10H2,1-2H3. The van der Waals surface area contributed by atoms with Gasteiger partial charge in [-0.3, -0.25) is 14.9 Å². The number of amides is 3. The maximum Gasteiger partial charge on any atom is 0.423 e. The molecule has 1 aliphatic heterocycles. The molecule has 9 nitrogen and oxygen atoms in total. The third-order valence-corrected chi connectivity index (χ3v) is 5.06. The zero-order valence-corrected chi connectivity index (χ0v) is 18.9. The Kier molecular flexibility index (Phi) is 8.21. The van der Waals surface area contributed by atoms with Crippen LogP contribution in [0.2, 0.25) is 0 Å². The molecule has 1 heterocycles. The molecule has 0 bridgehead atoms. The summed E-state index contributed by atoms with van der Waals surface area (Å²) in [6, 6.07) is 1.19. The summed E-state index contributed by atoms with van der Waals surface area (Å²) in [5, 5.41) is 10.9. The summed E-state index contributed by atoms with van der Waals surface area (Å²) < 4.78 is 51.3. The van der Waals surface area contributed by atoms with Crippen molar-refractivity contribution in [3.63, 3.8) is 0 Å². The zero-order valence-electron chi connectivity index (χ0n) is 16.8. The van der Waals surface area contributed by atoms with Crippen LogP contribution in [0, 0.1) is 10.1 Å². The van der Waals surface area contributed by atoms with E-state index in [1.165, 1.54) is 18.7 Å². The normalized spacial score (nSPS) is 16.3. The molecule has 1 aromatic carbocycles. The van der Waals surface area contributed by atoms with E-state index in [0.717, 1.165) is 10.5 Å². The minimum atomic E-state index is -5.04. The highest BCUT2D eigenvalue weighted by Crippen LogP contribution is 2.40. The molecule has 1 aliphatic rings. The summed E-state index contributed by atoms with van der Waals surface area (Å²) in [7, 11) is 0. The molecule has 3 amide bonds. The van der Waals surface area contributed by atoms with Gasteiger partial charge in [-0.25, -0.2) is 9.69 Å². The topological polar surface area (TPSA) is 102 Å². The second-order valence-corrected chi connectivity index (χ2v) is 8.08. The van der Waals surface area contributed by atoms with E-state index in [-0.39, 0.29) is 19.8 Å². The van der Waals surface area contributed by atoms with Crippen molar-refractivity contribution in [2.45, 2.75) is 25.6 Å². The number of alkyl halides is 4. The Balaban J connectivity index is 2.20. The molecule has 1 saturated heterocycles. The Bertz CT molecular complexity index is 849. The highest BCUT2D eigenvalue weighted by molar-refractivity contribution is 14.1. The van der Waals surface area contributed by atoms with Crippen molar-refractivity contribution in [1.82, 2.24) is 4.90 Å². The van der Waals surface area contributed by atoms with Gasteiger partial charge in [0.15, 0.2) is 0 Å². The molecule has 0 aromatic heterocycles. The average Bonchev–Trinajstić information content (AvgIpc) is 2.85. The summed E-state index contributed by atoms with van der Waals surface area (Å²) >= 11 is 2.16. The van der Waals surface area contributed by atoms with Crippen LogP contribution in [0.15, 0.2) is 18.2 Å². The van der Waals surface area contributed by atoms with Gasteiger partial charge in [0.2, 0.25) is 0 Å². The predicted octanol–water partition coefficient (Wildman–Crippen LogP) is 3.63. The highest BCUT2D eigenvalue weighted by atomic mass is 127. The highest BCUT2D eigenvalue weighted by Gasteiger charge is 2.52. The Morgan fingerprint density at radius 2 is 1.74 bits per heavy atom. The number of hydrogen-bond acceptors (Lipinski definition) is 6. The van der Waals surface area contributed by atoms with Gasteiger partial charge in [-0.1, -0.05) is 22.6 Å². The fourth-order valence-corrected chi connectivity index (χ4v) is 3.33. The Labute approximate surface area is 189 Å². The lowest BCUT2D eigenvalue weighted by Gasteiger charge is -2.27. The van der Waals surface area contributed by atoms with E-state index in [0.29, 0.717) is 30.2 Å². The molecule has 1 fully saturated rings. The van der Waals surface area contributed by atoms with Crippen LogP contribution in [0.25, 0.3) is 0 Å². The number of ether oxygens (including phenoxy) is 2. The van der Waals surface area contributed by atoms with Gasteiger partial charge >= 0.3 is 12.2 Å². The lowest BCUT2D eigenvalue weighted by molar-refractivity contribution is -0.388. The Morgan fingerprint density at radius 1 is 1.13 bits per heavy atom. The van der Waals surface area contributed by atoms with Gasteiger partial charge in [-0.2, -0.15) is 13.2 Å². The van der Waals surface area contributed by atoms with Crippen molar-refractivity contribution in [3.05, 3.63) is 33.9 Å². The van der Waals surface area contributed by atoms with E-state index in [1.807, 2.05) is 0 Å². The van der Waals surface area contributed by atoms with Gasteiger partial charge in [0, 0.05) is 17.0 Å². The lowest BCUT2D eigenvalue weighted by atomic mass is 10.0. The Morgan fingerprint density at radius 3 is 2.29 bits per heavy atom. The summed E-state index contributed by atoms with van der Waals surface area (Å²) in [4.78, 5) is 37.2. The molecule has 1 aromatic rings. The van der Waals surface area contributed by atoms with E-state index >= 15 is 0 Å². The van der Waals surface area contributed by atoms with Crippen molar-refractivity contribution in [2.75, 3.05) is 42.3 Å². The van der Waals surface area contributed by atoms with Crippen LogP contribution >= 0.6 is 22.6 Å². The average molecular weight is 559 g/mol. The number of urea groups is 1. The number of rotatable bonds is 10. The molecule has 0 spiro atoms. The number of hydrogen-bond donors (Lipinski definition) is 0. The molecule has 13 heteroatoms. The number of nitro groups is 1. The van der Waals surface area contributed by atoms with E-state index in [4.69, 9.17) is 9.47 Å². The monoisotopic (exact) mass is 559 g/mol. The number of imide groups is 1. The zero-order chi connectivity index (χ0) is 23.4. The Hall–Kier alpha value is -2.00. The summed E-state index contributed by atoms with van der Waals surface area (Å²) in [5.74, 6) is -0.746. The van der Waals surface area contributed by atoms with Crippen molar-refractivity contribution in [3.8, 4) is 0 Å². The number of halogens is 4. The van der Waals surface area contributed by atoms with E-state index < -0.39 is 45.5 Å². The van der Waals surface area contributed by atoms with Gasteiger partial charge in [0.1, 0.15) is 11.1 Å². The van der Waals surface area contributed by atoms with Crippen LogP contribution < -0.4 is 4.90 Å². The van der Waals surface area contributed by atoms with Crippen LogP contribution in [0.4, 0.5) is 29.3 Å². The van der Waals surface area contributed by atoms with E-state index in [2.05, 4.69) is 22.6 Å². The number of nitro benzene ring substituents is 1. The molecule has 0 atom stereocenters. The van der Waals surface area contributed by atoms with Crippen molar-refractivity contribution in [2.24, 2.45) is 0 Å². The number of anilines is 1. The van der Waals surface area contributed by atoms with Crippen molar-refractivity contribution < 1.29 is 37.2 Å². The van der Waals surface area contributed by atoms with Crippen LogP contribution in [0.1, 0.15) is 19.4 Å². The molecule has 0 aliphatic carbocycles. The molecular weight excluding hydrogens is 538 g/mol.